The van der Waals surface area contributed by atoms with Gasteiger partial charge in [-0.3, -0.25) is 4.79 Å². The quantitative estimate of drug-likeness (QED) is 0.788. The molecule has 0 radical (unpaired) electrons. The van der Waals surface area contributed by atoms with Crippen molar-refractivity contribution in [2.45, 2.75) is 12.3 Å². The van der Waals surface area contributed by atoms with Gasteiger partial charge in [0.1, 0.15) is 11.6 Å². The number of aromatic nitrogens is 2. The van der Waals surface area contributed by atoms with E-state index in [0.717, 1.165) is 11.1 Å². The van der Waals surface area contributed by atoms with Gasteiger partial charge in [-0.05, 0) is 29.8 Å². The van der Waals surface area contributed by atoms with Crippen LogP contribution in [0.15, 0.2) is 60.8 Å². The van der Waals surface area contributed by atoms with E-state index in [1.807, 2.05) is 30.3 Å². The first-order chi connectivity index (χ1) is 11.2. The van der Waals surface area contributed by atoms with Crippen LogP contribution in [0.4, 0.5) is 10.2 Å². The average Bonchev–Trinajstić information content (AvgIpc) is 2.99. The van der Waals surface area contributed by atoms with Gasteiger partial charge in [0.2, 0.25) is 5.91 Å². The lowest BCUT2D eigenvalue weighted by atomic mass is 9.87. The van der Waals surface area contributed by atoms with Crippen LogP contribution in [0.5, 0.6) is 0 Å². The second-order valence-corrected chi connectivity index (χ2v) is 5.55. The zero-order valence-electron chi connectivity index (χ0n) is 12.2. The molecule has 23 heavy (non-hydrogen) atoms. The number of carbonyl (C=O) groups excluding carboxylic acids is 1. The highest BCUT2D eigenvalue weighted by molar-refractivity contribution is 5.94. The Bertz CT molecular complexity index is 856. The van der Waals surface area contributed by atoms with Gasteiger partial charge < -0.3 is 5.32 Å². The highest BCUT2D eigenvalue weighted by Crippen LogP contribution is 2.37. The van der Waals surface area contributed by atoms with E-state index in [1.165, 1.54) is 12.1 Å². The first-order valence-electron chi connectivity index (χ1n) is 7.41. The van der Waals surface area contributed by atoms with Crippen molar-refractivity contribution in [2.24, 2.45) is 0 Å². The molecule has 0 saturated heterocycles. The van der Waals surface area contributed by atoms with E-state index in [4.69, 9.17) is 0 Å². The summed E-state index contributed by atoms with van der Waals surface area (Å²) in [6.45, 7) is 0. The lowest BCUT2D eigenvalue weighted by Gasteiger charge is -2.23. The van der Waals surface area contributed by atoms with Crippen LogP contribution in [0, 0.1) is 5.82 Å². The molecule has 2 aromatic carbocycles. The topological polar surface area (TPSA) is 46.9 Å². The predicted octanol–water partition coefficient (Wildman–Crippen LogP) is 3.49. The molecule has 0 fully saturated rings. The third-order valence-corrected chi connectivity index (χ3v) is 4.09. The molecule has 5 heteroatoms. The van der Waals surface area contributed by atoms with Crippen LogP contribution in [0.1, 0.15) is 23.5 Å². The molecule has 1 atom stereocenters. The van der Waals surface area contributed by atoms with Gasteiger partial charge in [0.05, 0.1) is 11.9 Å². The molecule has 4 rings (SSSR count). The molecule has 114 valence electrons. The second-order valence-electron chi connectivity index (χ2n) is 5.55. The lowest BCUT2D eigenvalue weighted by molar-refractivity contribution is -0.116. The van der Waals surface area contributed by atoms with Crippen molar-refractivity contribution in [1.29, 1.82) is 0 Å². The van der Waals surface area contributed by atoms with E-state index in [0.29, 0.717) is 17.9 Å². The number of hydrogen-bond donors (Lipinski definition) is 1. The Labute approximate surface area is 132 Å². The summed E-state index contributed by atoms with van der Waals surface area (Å²) in [4.78, 5) is 12.1. The summed E-state index contributed by atoms with van der Waals surface area (Å²) in [5.41, 5.74) is 2.77. The van der Waals surface area contributed by atoms with Crippen molar-refractivity contribution in [1.82, 2.24) is 9.78 Å². The van der Waals surface area contributed by atoms with Crippen LogP contribution in [0.2, 0.25) is 0 Å². The summed E-state index contributed by atoms with van der Waals surface area (Å²) >= 11 is 0. The maximum absolute atomic E-state index is 13.1. The van der Waals surface area contributed by atoms with Crippen molar-refractivity contribution >= 4 is 11.7 Å². The molecule has 0 aliphatic carbocycles. The van der Waals surface area contributed by atoms with Gasteiger partial charge in [-0.1, -0.05) is 30.3 Å². The normalized spacial score (nSPS) is 16.7. The van der Waals surface area contributed by atoms with E-state index >= 15 is 0 Å². The third kappa shape index (κ3) is 2.40. The van der Waals surface area contributed by atoms with Crippen LogP contribution < -0.4 is 5.32 Å². The number of halogens is 1. The molecular weight excluding hydrogens is 293 g/mol. The van der Waals surface area contributed by atoms with E-state index in [1.54, 1.807) is 23.0 Å². The molecule has 1 N–H and O–H groups in total. The molecule has 1 aromatic heterocycles. The van der Waals surface area contributed by atoms with Gasteiger partial charge >= 0.3 is 0 Å². The molecule has 0 unspecified atom stereocenters. The Kier molecular flexibility index (Phi) is 3.19. The number of carbonyl (C=O) groups is 1. The zero-order chi connectivity index (χ0) is 15.8. The molecule has 0 saturated carbocycles. The second kappa shape index (κ2) is 5.35. The summed E-state index contributed by atoms with van der Waals surface area (Å²) in [5.74, 6) is 0.284. The predicted molar refractivity (Wildman–Crippen MR) is 85.1 cm³/mol. The minimum atomic E-state index is -0.305. The first kappa shape index (κ1) is 13.7. The van der Waals surface area contributed by atoms with Crippen LogP contribution >= 0.6 is 0 Å². The monoisotopic (exact) mass is 307 g/mol. The van der Waals surface area contributed by atoms with Crippen LogP contribution in [0.25, 0.3) is 5.69 Å². The molecule has 4 nitrogen and oxygen atoms in total. The van der Waals surface area contributed by atoms with Gasteiger partial charge in [0, 0.05) is 17.9 Å². The van der Waals surface area contributed by atoms with Gasteiger partial charge in [0.15, 0.2) is 0 Å². The number of amides is 1. The zero-order valence-corrected chi connectivity index (χ0v) is 12.2. The van der Waals surface area contributed by atoms with Crippen molar-refractivity contribution in [3.8, 4) is 5.69 Å². The van der Waals surface area contributed by atoms with Gasteiger partial charge in [-0.25, -0.2) is 9.07 Å². The highest BCUT2D eigenvalue weighted by Gasteiger charge is 2.30. The minimum Gasteiger partial charge on any atom is -0.310 e. The standard InChI is InChI=1S/C18H14FN3O/c19-13-6-8-14(9-7-13)22-18-16(11-20-22)15(10-17(23)21-18)12-4-2-1-3-5-12/h1-9,11,15H,10H2,(H,21,23)/t15-/m1/s1. The highest BCUT2D eigenvalue weighted by atomic mass is 19.1. The smallest absolute Gasteiger partial charge is 0.226 e. The van der Waals surface area contributed by atoms with Gasteiger partial charge in [-0.15, -0.1) is 0 Å². The summed E-state index contributed by atoms with van der Waals surface area (Å²) in [5, 5.41) is 7.28. The molecule has 1 amide bonds. The van der Waals surface area contributed by atoms with Crippen LogP contribution in [-0.2, 0) is 4.79 Å². The Morgan fingerprint density at radius 1 is 1.09 bits per heavy atom. The maximum Gasteiger partial charge on any atom is 0.226 e. The Balaban J connectivity index is 1.81. The number of benzene rings is 2. The summed E-state index contributed by atoms with van der Waals surface area (Å²) in [7, 11) is 0. The van der Waals surface area contributed by atoms with E-state index in [-0.39, 0.29) is 17.6 Å². The number of nitrogens with zero attached hydrogens (tertiary/aromatic N) is 2. The molecule has 1 aliphatic rings. The SMILES string of the molecule is O=C1C[C@H](c2ccccc2)c2cnn(-c3ccc(F)cc3)c2N1. The largest absolute Gasteiger partial charge is 0.310 e. The number of fused-ring (bicyclic) bond motifs is 1. The number of anilines is 1. The number of rotatable bonds is 2. The minimum absolute atomic E-state index is 0.0193. The maximum atomic E-state index is 13.1. The fourth-order valence-electron chi connectivity index (χ4n) is 2.98. The van der Waals surface area contributed by atoms with Crippen LogP contribution in [0.3, 0.4) is 0 Å². The van der Waals surface area contributed by atoms with Gasteiger partial charge in [-0.2, -0.15) is 5.10 Å². The molecule has 0 spiro atoms. The Morgan fingerprint density at radius 3 is 2.57 bits per heavy atom. The average molecular weight is 307 g/mol. The number of nitrogens with one attached hydrogen (secondary N) is 1. The van der Waals surface area contributed by atoms with Crippen molar-refractivity contribution in [3.63, 3.8) is 0 Å². The van der Waals surface area contributed by atoms with E-state index in [2.05, 4.69) is 10.4 Å². The Hall–Kier alpha value is -2.95. The van der Waals surface area contributed by atoms with E-state index in [9.17, 15) is 9.18 Å². The summed E-state index contributed by atoms with van der Waals surface area (Å²) < 4.78 is 14.8. The summed E-state index contributed by atoms with van der Waals surface area (Å²) in [6.07, 6.45) is 2.17. The van der Waals surface area contributed by atoms with Crippen LogP contribution in [-0.4, -0.2) is 15.7 Å². The van der Waals surface area contributed by atoms with Crippen molar-refractivity contribution in [3.05, 3.63) is 77.7 Å². The summed E-state index contributed by atoms with van der Waals surface area (Å²) in [6, 6.07) is 15.9. The fraction of sp³-hybridized carbons (Fsp3) is 0.111. The molecule has 3 aromatic rings. The van der Waals surface area contributed by atoms with Gasteiger partial charge in [0.25, 0.3) is 0 Å². The van der Waals surface area contributed by atoms with Crippen molar-refractivity contribution in [2.75, 3.05) is 5.32 Å². The molecule has 1 aliphatic heterocycles. The first-order valence-corrected chi connectivity index (χ1v) is 7.41. The lowest BCUT2D eigenvalue weighted by Crippen LogP contribution is -2.24. The van der Waals surface area contributed by atoms with Crippen molar-refractivity contribution < 1.29 is 9.18 Å². The third-order valence-electron chi connectivity index (χ3n) is 4.09. The fourth-order valence-corrected chi connectivity index (χ4v) is 2.98. The molecule has 0 bridgehead atoms. The van der Waals surface area contributed by atoms with E-state index < -0.39 is 0 Å². The number of hydrogen-bond acceptors (Lipinski definition) is 2. The molecular formula is C18H14FN3O. The molecule has 2 heterocycles. The Morgan fingerprint density at radius 2 is 1.83 bits per heavy atom.